The van der Waals surface area contributed by atoms with Crippen LogP contribution in [-0.4, -0.2) is 47.6 Å². The summed E-state index contributed by atoms with van der Waals surface area (Å²) in [6, 6.07) is 17.3. The van der Waals surface area contributed by atoms with E-state index in [0.29, 0.717) is 26.1 Å². The summed E-state index contributed by atoms with van der Waals surface area (Å²) in [5.74, 6) is 2.40. The van der Waals surface area contributed by atoms with Crippen LogP contribution in [0.1, 0.15) is 25.1 Å². The van der Waals surface area contributed by atoms with E-state index in [4.69, 9.17) is 14.7 Å². The topological polar surface area (TPSA) is 70.6 Å². The van der Waals surface area contributed by atoms with Crippen LogP contribution in [0.25, 0.3) is 11.4 Å². The first-order valence-corrected chi connectivity index (χ1v) is 11.0. The van der Waals surface area contributed by atoms with Crippen molar-refractivity contribution in [2.24, 2.45) is 0 Å². The zero-order valence-electron chi connectivity index (χ0n) is 18.8. The zero-order chi connectivity index (χ0) is 22.5. The van der Waals surface area contributed by atoms with Crippen LogP contribution in [-0.2, 0) is 13.0 Å². The zero-order valence-corrected chi connectivity index (χ0v) is 18.8. The number of carbonyl (C=O) groups excluding carboxylic acids is 1. The molecule has 3 aromatic rings. The molecule has 0 saturated carbocycles. The lowest BCUT2D eigenvalue weighted by atomic mass is 10.0. The quantitative estimate of drug-likeness (QED) is 0.618. The van der Waals surface area contributed by atoms with Crippen LogP contribution in [0, 0.1) is 0 Å². The van der Waals surface area contributed by atoms with Gasteiger partial charge >= 0.3 is 6.03 Å². The fourth-order valence-electron chi connectivity index (χ4n) is 3.76. The standard InChI is InChI=1S/C25H29N5O2/c1-4-29(3)24-21-17-30(25(31)26-19-11-13-20(14-12-19)32-5-2)16-15-22(21)27-23(28-24)18-9-7-6-8-10-18/h6-14H,4-5,15-17H2,1-3H3,(H,26,31). The first-order chi connectivity index (χ1) is 15.6. The number of ether oxygens (including phenoxy) is 1. The van der Waals surface area contributed by atoms with Crippen LogP contribution in [0.15, 0.2) is 54.6 Å². The van der Waals surface area contributed by atoms with Crippen molar-refractivity contribution < 1.29 is 9.53 Å². The van der Waals surface area contributed by atoms with Gasteiger partial charge in [-0.1, -0.05) is 30.3 Å². The van der Waals surface area contributed by atoms with Gasteiger partial charge in [0.2, 0.25) is 0 Å². The van der Waals surface area contributed by atoms with Crippen LogP contribution in [0.4, 0.5) is 16.3 Å². The van der Waals surface area contributed by atoms with E-state index in [1.165, 1.54) is 0 Å². The molecule has 0 saturated heterocycles. The summed E-state index contributed by atoms with van der Waals surface area (Å²) in [4.78, 5) is 26.6. The molecule has 0 unspecified atom stereocenters. The lowest BCUT2D eigenvalue weighted by Gasteiger charge is -2.31. The number of amides is 2. The molecule has 0 aliphatic carbocycles. The van der Waals surface area contributed by atoms with Crippen LogP contribution in [0.5, 0.6) is 5.75 Å². The number of hydrogen-bond acceptors (Lipinski definition) is 5. The highest BCUT2D eigenvalue weighted by Crippen LogP contribution is 2.29. The van der Waals surface area contributed by atoms with E-state index in [9.17, 15) is 4.79 Å². The summed E-state index contributed by atoms with van der Waals surface area (Å²) >= 11 is 0. The van der Waals surface area contributed by atoms with Crippen LogP contribution in [0.2, 0.25) is 0 Å². The fourth-order valence-corrected chi connectivity index (χ4v) is 3.76. The number of anilines is 2. The third kappa shape index (κ3) is 4.66. The molecule has 0 fully saturated rings. The maximum Gasteiger partial charge on any atom is 0.322 e. The van der Waals surface area contributed by atoms with Gasteiger partial charge in [0.1, 0.15) is 11.6 Å². The van der Waals surface area contributed by atoms with Gasteiger partial charge in [0, 0.05) is 43.4 Å². The molecule has 1 N–H and O–H groups in total. The lowest BCUT2D eigenvalue weighted by Crippen LogP contribution is -2.40. The number of urea groups is 1. The Balaban J connectivity index is 1.56. The number of hydrogen-bond donors (Lipinski definition) is 1. The van der Waals surface area contributed by atoms with Gasteiger partial charge in [-0.2, -0.15) is 0 Å². The normalized spacial score (nSPS) is 12.8. The molecule has 1 aliphatic rings. The molecule has 2 aromatic carbocycles. The number of rotatable bonds is 6. The molecule has 1 aromatic heterocycles. The van der Waals surface area contributed by atoms with Crippen molar-refractivity contribution in [3.8, 4) is 17.1 Å². The molecule has 7 heteroatoms. The summed E-state index contributed by atoms with van der Waals surface area (Å²) in [7, 11) is 2.02. The summed E-state index contributed by atoms with van der Waals surface area (Å²) in [5.41, 5.74) is 3.77. The Bertz CT molecular complexity index is 1070. The molecule has 2 heterocycles. The number of aromatic nitrogens is 2. The second kappa shape index (κ2) is 9.68. The molecule has 2 amide bonds. The van der Waals surface area contributed by atoms with Crippen molar-refractivity contribution in [1.29, 1.82) is 0 Å². The summed E-state index contributed by atoms with van der Waals surface area (Å²) in [5, 5.41) is 2.99. The van der Waals surface area contributed by atoms with Crippen LogP contribution < -0.4 is 15.0 Å². The number of nitrogens with zero attached hydrogens (tertiary/aromatic N) is 4. The average molecular weight is 432 g/mol. The van der Waals surface area contributed by atoms with E-state index in [-0.39, 0.29) is 6.03 Å². The van der Waals surface area contributed by atoms with E-state index in [2.05, 4.69) is 17.1 Å². The molecule has 0 bridgehead atoms. The molecule has 32 heavy (non-hydrogen) atoms. The maximum atomic E-state index is 13.0. The van der Waals surface area contributed by atoms with E-state index in [1.807, 2.05) is 73.5 Å². The Morgan fingerprint density at radius 1 is 1.09 bits per heavy atom. The number of benzene rings is 2. The highest BCUT2D eigenvalue weighted by molar-refractivity contribution is 5.89. The maximum absolute atomic E-state index is 13.0. The summed E-state index contributed by atoms with van der Waals surface area (Å²) in [6.07, 6.45) is 0.693. The minimum atomic E-state index is -0.128. The third-order valence-corrected chi connectivity index (χ3v) is 5.61. The van der Waals surface area contributed by atoms with E-state index in [1.54, 1.807) is 0 Å². The van der Waals surface area contributed by atoms with Gasteiger partial charge in [0.05, 0.1) is 18.8 Å². The van der Waals surface area contributed by atoms with Crippen molar-refractivity contribution in [3.05, 3.63) is 65.9 Å². The molecule has 0 radical (unpaired) electrons. The minimum Gasteiger partial charge on any atom is -0.494 e. The Labute approximate surface area is 189 Å². The average Bonchev–Trinajstić information content (AvgIpc) is 2.84. The fraction of sp³-hybridized carbons (Fsp3) is 0.320. The van der Waals surface area contributed by atoms with Gasteiger partial charge in [-0.3, -0.25) is 0 Å². The Kier molecular flexibility index (Phi) is 6.54. The van der Waals surface area contributed by atoms with Gasteiger partial charge in [-0.25, -0.2) is 14.8 Å². The van der Waals surface area contributed by atoms with E-state index >= 15 is 0 Å². The molecular weight excluding hydrogens is 402 g/mol. The van der Waals surface area contributed by atoms with Gasteiger partial charge in [0.15, 0.2) is 5.82 Å². The number of nitrogens with one attached hydrogen (secondary N) is 1. The van der Waals surface area contributed by atoms with Gasteiger partial charge in [-0.05, 0) is 38.1 Å². The molecule has 1 aliphatic heterocycles. The van der Waals surface area contributed by atoms with E-state index < -0.39 is 0 Å². The highest BCUT2D eigenvalue weighted by Gasteiger charge is 2.27. The second-order valence-electron chi connectivity index (χ2n) is 7.74. The largest absolute Gasteiger partial charge is 0.494 e. The van der Waals surface area contributed by atoms with Crippen molar-refractivity contribution in [3.63, 3.8) is 0 Å². The van der Waals surface area contributed by atoms with Gasteiger partial charge in [0.25, 0.3) is 0 Å². The molecule has 7 nitrogen and oxygen atoms in total. The molecule has 4 rings (SSSR count). The van der Waals surface area contributed by atoms with Crippen molar-refractivity contribution in [2.75, 3.05) is 37.0 Å². The SMILES string of the molecule is CCOc1ccc(NC(=O)N2CCc3nc(-c4ccccc4)nc(N(C)CC)c3C2)cc1. The smallest absolute Gasteiger partial charge is 0.322 e. The number of fused-ring (bicyclic) bond motifs is 1. The molecule has 0 spiro atoms. The molecule has 166 valence electrons. The Hall–Kier alpha value is -3.61. The highest BCUT2D eigenvalue weighted by atomic mass is 16.5. The van der Waals surface area contributed by atoms with Gasteiger partial charge in [-0.15, -0.1) is 0 Å². The third-order valence-electron chi connectivity index (χ3n) is 5.61. The second-order valence-corrected chi connectivity index (χ2v) is 7.74. The molecule has 0 atom stereocenters. The predicted octanol–water partition coefficient (Wildman–Crippen LogP) is 4.59. The Morgan fingerprint density at radius 2 is 1.84 bits per heavy atom. The van der Waals surface area contributed by atoms with E-state index in [0.717, 1.165) is 46.4 Å². The van der Waals surface area contributed by atoms with Crippen LogP contribution >= 0.6 is 0 Å². The summed E-state index contributed by atoms with van der Waals surface area (Å²) < 4.78 is 5.47. The first kappa shape index (κ1) is 21.6. The van der Waals surface area contributed by atoms with Crippen LogP contribution in [0.3, 0.4) is 0 Å². The lowest BCUT2D eigenvalue weighted by molar-refractivity contribution is 0.206. The number of carbonyl (C=O) groups is 1. The molecular formula is C25H29N5O2. The Morgan fingerprint density at radius 3 is 2.53 bits per heavy atom. The van der Waals surface area contributed by atoms with Crippen molar-refractivity contribution in [1.82, 2.24) is 14.9 Å². The monoisotopic (exact) mass is 431 g/mol. The van der Waals surface area contributed by atoms with Gasteiger partial charge < -0.3 is 19.9 Å². The first-order valence-electron chi connectivity index (χ1n) is 11.0. The van der Waals surface area contributed by atoms with Crippen molar-refractivity contribution >= 4 is 17.5 Å². The predicted molar refractivity (Wildman–Crippen MR) is 127 cm³/mol. The summed E-state index contributed by atoms with van der Waals surface area (Å²) in [6.45, 7) is 6.55. The van der Waals surface area contributed by atoms with Crippen molar-refractivity contribution in [2.45, 2.75) is 26.8 Å². The minimum absolute atomic E-state index is 0.128.